The van der Waals surface area contributed by atoms with Crippen molar-refractivity contribution in [2.24, 2.45) is 7.05 Å². The average molecular weight is 83.1 g/mol. The Labute approximate surface area is 34.8 Å². The van der Waals surface area contributed by atoms with Crippen LogP contribution in [0, 0.1) is 6.33 Å². The minimum Gasteiger partial charge on any atom is -0.355 e. The van der Waals surface area contributed by atoms with Crippen LogP contribution in [0.25, 0.3) is 0 Å². The first-order valence-corrected chi connectivity index (χ1v) is 1.49. The van der Waals surface area contributed by atoms with Crippen molar-refractivity contribution in [1.29, 1.82) is 0 Å². The fraction of sp³-hybridized carbons (Fsp3) is 0.500. The number of tetrazole rings is 1. The Morgan fingerprint density at radius 3 is 2.67 bits per heavy atom. The van der Waals surface area contributed by atoms with E-state index in [-0.39, 0.29) is 0 Å². The second kappa shape index (κ2) is 1.04. The molecule has 1 aromatic heterocycles. The number of aromatic nitrogens is 4. The fourth-order valence-electron chi connectivity index (χ4n) is 0.189. The topological polar surface area (TPSA) is 43.6 Å². The van der Waals surface area contributed by atoms with Crippen molar-refractivity contribution in [1.82, 2.24) is 20.2 Å². The van der Waals surface area contributed by atoms with Gasteiger partial charge in [-0.25, -0.2) is 11.1 Å². The number of aryl methyl sites for hydroxylation is 1. The molecule has 0 fully saturated rings. The molecule has 0 aliphatic heterocycles. The highest BCUT2D eigenvalue weighted by Gasteiger charge is 1.59. The minimum absolute atomic E-state index is 1.33. The number of nitrogens with zero attached hydrogens (tertiary/aromatic N) is 4. The lowest BCUT2D eigenvalue weighted by atomic mass is 11.4. The first kappa shape index (κ1) is 3.27. The molecule has 1 rings (SSSR count). The van der Waals surface area contributed by atoms with E-state index in [0.29, 0.717) is 0 Å². The van der Waals surface area contributed by atoms with Crippen LogP contribution >= 0.6 is 0 Å². The van der Waals surface area contributed by atoms with Crippen LogP contribution in [0.4, 0.5) is 0 Å². The van der Waals surface area contributed by atoms with Crippen molar-refractivity contribution in [2.45, 2.75) is 0 Å². The van der Waals surface area contributed by atoms with Gasteiger partial charge >= 0.3 is 0 Å². The van der Waals surface area contributed by atoms with Gasteiger partial charge in [-0.1, -0.05) is 5.21 Å². The second-order valence-corrected chi connectivity index (χ2v) is 0.879. The first-order valence-electron chi connectivity index (χ1n) is 1.49. The maximum atomic E-state index is 3.49. The Kier molecular flexibility index (Phi) is 0.567. The molecule has 0 saturated heterocycles. The molecule has 0 aliphatic rings. The van der Waals surface area contributed by atoms with Gasteiger partial charge in [0.2, 0.25) is 0 Å². The van der Waals surface area contributed by atoms with Crippen molar-refractivity contribution in [3.05, 3.63) is 6.33 Å². The Morgan fingerprint density at radius 1 is 1.67 bits per heavy atom. The smallest absolute Gasteiger partial charge is 0.0480 e. The lowest BCUT2D eigenvalue weighted by molar-refractivity contribution is 0.629. The molecule has 32 valence electrons. The zero-order valence-corrected chi connectivity index (χ0v) is 3.29. The summed E-state index contributed by atoms with van der Waals surface area (Å²) in [6.07, 6.45) is 2.28. The largest absolute Gasteiger partial charge is 0.355 e. The number of rotatable bonds is 0. The zero-order chi connectivity index (χ0) is 4.41. The monoisotopic (exact) mass is 83.0 g/mol. The molecule has 0 spiro atoms. The van der Waals surface area contributed by atoms with E-state index in [0.717, 1.165) is 0 Å². The van der Waals surface area contributed by atoms with Crippen molar-refractivity contribution in [3.8, 4) is 0 Å². The quantitative estimate of drug-likeness (QED) is 0.378. The van der Waals surface area contributed by atoms with Gasteiger partial charge < -0.3 is 10.2 Å². The Hall–Kier alpha value is -0.930. The van der Waals surface area contributed by atoms with Crippen molar-refractivity contribution >= 4 is 0 Å². The SMILES string of the molecule is Cn1n[c-]nn1. The van der Waals surface area contributed by atoms with Gasteiger partial charge in [-0.2, -0.15) is 0 Å². The summed E-state index contributed by atoms with van der Waals surface area (Å²) >= 11 is 0. The van der Waals surface area contributed by atoms with Crippen LogP contribution in [0.5, 0.6) is 0 Å². The van der Waals surface area contributed by atoms with E-state index in [9.17, 15) is 0 Å². The molecule has 6 heavy (non-hydrogen) atoms. The molecule has 0 bridgehead atoms. The molecule has 0 saturated carbocycles. The number of hydrogen-bond donors (Lipinski definition) is 0. The van der Waals surface area contributed by atoms with Gasteiger partial charge in [0.25, 0.3) is 0 Å². The Bertz CT molecular complexity index is 109. The second-order valence-electron chi connectivity index (χ2n) is 0.879. The third-order valence-corrected chi connectivity index (χ3v) is 0.408. The van der Waals surface area contributed by atoms with E-state index >= 15 is 0 Å². The normalized spacial score (nSPS) is 8.83. The molecular formula is C2H3N4-. The molecule has 0 N–H and O–H groups in total. The van der Waals surface area contributed by atoms with E-state index in [2.05, 4.69) is 21.7 Å². The zero-order valence-electron chi connectivity index (χ0n) is 3.29. The van der Waals surface area contributed by atoms with Crippen LogP contribution in [0.3, 0.4) is 0 Å². The van der Waals surface area contributed by atoms with E-state index < -0.39 is 0 Å². The summed E-state index contributed by atoms with van der Waals surface area (Å²) in [4.78, 5) is 1.33. The van der Waals surface area contributed by atoms with E-state index in [4.69, 9.17) is 0 Å². The standard InChI is InChI=1S/C2H3N4/c1-6-4-2-3-5-6/h1H3/q-1. The van der Waals surface area contributed by atoms with Crippen molar-refractivity contribution in [3.63, 3.8) is 0 Å². The van der Waals surface area contributed by atoms with Crippen molar-refractivity contribution in [2.75, 3.05) is 0 Å². The lowest BCUT2D eigenvalue weighted by Crippen LogP contribution is -1.90. The molecule has 0 atom stereocenters. The highest BCUT2D eigenvalue weighted by Crippen LogP contribution is 1.54. The summed E-state index contributed by atoms with van der Waals surface area (Å²) in [6.45, 7) is 0. The van der Waals surface area contributed by atoms with Gasteiger partial charge in [-0.05, 0) is 0 Å². The van der Waals surface area contributed by atoms with Crippen LogP contribution in [0.2, 0.25) is 0 Å². The molecule has 0 unspecified atom stereocenters. The van der Waals surface area contributed by atoms with Gasteiger partial charge in [-0.15, -0.1) is 0 Å². The molecular weight excluding hydrogens is 80.1 g/mol. The molecule has 0 radical (unpaired) electrons. The summed E-state index contributed by atoms with van der Waals surface area (Å²) in [6, 6.07) is 0. The predicted molar refractivity (Wildman–Crippen MR) is 17.6 cm³/mol. The third kappa shape index (κ3) is 0.357. The van der Waals surface area contributed by atoms with E-state index in [1.807, 2.05) is 0 Å². The molecule has 4 nitrogen and oxygen atoms in total. The summed E-state index contributed by atoms with van der Waals surface area (Å²) < 4.78 is 0. The van der Waals surface area contributed by atoms with Crippen LogP contribution in [0.15, 0.2) is 0 Å². The fourth-order valence-corrected chi connectivity index (χ4v) is 0.189. The third-order valence-electron chi connectivity index (χ3n) is 0.408. The van der Waals surface area contributed by atoms with Crippen LogP contribution < -0.4 is 0 Å². The minimum atomic E-state index is 1.33. The van der Waals surface area contributed by atoms with E-state index in [1.54, 1.807) is 7.05 Å². The van der Waals surface area contributed by atoms with Gasteiger partial charge in [0.15, 0.2) is 0 Å². The maximum Gasteiger partial charge on any atom is 0.0480 e. The molecule has 0 aromatic carbocycles. The summed E-state index contributed by atoms with van der Waals surface area (Å²) in [5, 5.41) is 10.2. The Balaban J connectivity index is 3.05. The number of hydrogen-bond acceptors (Lipinski definition) is 3. The van der Waals surface area contributed by atoms with E-state index in [1.165, 1.54) is 4.80 Å². The van der Waals surface area contributed by atoms with Crippen molar-refractivity contribution < 1.29 is 0 Å². The maximum absolute atomic E-state index is 3.49. The molecule has 0 aliphatic carbocycles. The highest BCUT2D eigenvalue weighted by molar-refractivity contribution is 4.25. The van der Waals surface area contributed by atoms with Gasteiger partial charge in [0.1, 0.15) is 0 Å². The van der Waals surface area contributed by atoms with Gasteiger partial charge in [0.05, 0.1) is 0 Å². The molecule has 4 heteroatoms. The van der Waals surface area contributed by atoms with Gasteiger partial charge in [-0.3, -0.25) is 0 Å². The molecule has 1 heterocycles. The summed E-state index contributed by atoms with van der Waals surface area (Å²) in [5.41, 5.74) is 0. The summed E-state index contributed by atoms with van der Waals surface area (Å²) in [5.74, 6) is 0. The molecule has 0 amide bonds. The Morgan fingerprint density at radius 2 is 2.50 bits per heavy atom. The predicted octanol–water partition coefficient (Wildman–Crippen LogP) is -0.990. The van der Waals surface area contributed by atoms with Gasteiger partial charge in [0, 0.05) is 7.05 Å². The summed E-state index contributed by atoms with van der Waals surface area (Å²) in [7, 11) is 1.68. The molecule has 1 aromatic rings. The average Bonchev–Trinajstić information content (AvgIpc) is 1.86. The highest BCUT2D eigenvalue weighted by atomic mass is 15.6. The van der Waals surface area contributed by atoms with Crippen LogP contribution in [-0.4, -0.2) is 20.2 Å². The van der Waals surface area contributed by atoms with Crippen LogP contribution in [0.1, 0.15) is 0 Å². The lowest BCUT2D eigenvalue weighted by Gasteiger charge is -1.80. The first-order chi connectivity index (χ1) is 2.89. The van der Waals surface area contributed by atoms with Crippen LogP contribution in [-0.2, 0) is 7.05 Å².